The fourth-order valence-electron chi connectivity index (χ4n) is 4.31. The number of rotatable bonds is 8. The Morgan fingerprint density at radius 1 is 1.09 bits per heavy atom. The molecule has 3 rings (SSSR count). The zero-order valence-corrected chi connectivity index (χ0v) is 20.1. The van der Waals surface area contributed by atoms with Crippen molar-refractivity contribution in [2.45, 2.75) is 46.2 Å². The Labute approximate surface area is 194 Å². The van der Waals surface area contributed by atoms with Crippen LogP contribution >= 0.6 is 0 Å². The summed E-state index contributed by atoms with van der Waals surface area (Å²) >= 11 is 0. The first kappa shape index (κ1) is 24.9. The Bertz CT molecular complexity index is 1030. The van der Waals surface area contributed by atoms with Crippen LogP contribution in [0, 0.1) is 11.8 Å². The molecular weight excluding hydrogens is 448 g/mol. The zero-order chi connectivity index (χ0) is 24.5. The zero-order valence-electron chi connectivity index (χ0n) is 19.3. The fraction of sp³-hybridized carbons (Fsp3) is 0.565. The molecule has 10 heteroatoms. The number of fused-ring (bicyclic) bond motifs is 1. The molecule has 0 saturated carbocycles. The smallest absolute Gasteiger partial charge is 0.330 e. The van der Waals surface area contributed by atoms with Crippen molar-refractivity contribution in [1.29, 1.82) is 0 Å². The average Bonchev–Trinajstić information content (AvgIpc) is 3.22. The quantitative estimate of drug-likeness (QED) is 0.411. The summed E-state index contributed by atoms with van der Waals surface area (Å²) in [5.74, 6) is -2.93. The molecule has 0 bridgehead atoms. The van der Waals surface area contributed by atoms with Crippen LogP contribution in [0.3, 0.4) is 0 Å². The summed E-state index contributed by atoms with van der Waals surface area (Å²) in [6.07, 6.45) is 0.346. The van der Waals surface area contributed by atoms with Crippen molar-refractivity contribution in [3.8, 4) is 0 Å². The lowest BCUT2D eigenvalue weighted by Gasteiger charge is -2.31. The largest absolute Gasteiger partial charge is 0.454 e. The Morgan fingerprint density at radius 2 is 1.67 bits per heavy atom. The summed E-state index contributed by atoms with van der Waals surface area (Å²) < 4.78 is 29.1. The van der Waals surface area contributed by atoms with Gasteiger partial charge < -0.3 is 9.64 Å². The van der Waals surface area contributed by atoms with E-state index in [4.69, 9.17) is 4.74 Å². The minimum absolute atomic E-state index is 0.0223. The average molecular weight is 479 g/mol. The molecule has 0 spiro atoms. The van der Waals surface area contributed by atoms with Crippen molar-refractivity contribution in [2.75, 3.05) is 24.7 Å². The normalized spacial score (nSPS) is 20.3. The van der Waals surface area contributed by atoms with Crippen molar-refractivity contribution in [1.82, 2.24) is 9.80 Å². The van der Waals surface area contributed by atoms with Crippen LogP contribution in [0.15, 0.2) is 24.3 Å². The molecule has 1 aromatic carbocycles. The molecule has 1 fully saturated rings. The third kappa shape index (κ3) is 5.26. The first-order valence-electron chi connectivity index (χ1n) is 11.1. The minimum atomic E-state index is -3.20. The van der Waals surface area contributed by atoms with Crippen molar-refractivity contribution in [2.24, 2.45) is 11.8 Å². The van der Waals surface area contributed by atoms with Crippen LogP contribution in [0.1, 0.15) is 54.8 Å². The van der Waals surface area contributed by atoms with Crippen molar-refractivity contribution < 1.29 is 32.3 Å². The van der Waals surface area contributed by atoms with Gasteiger partial charge in [0.25, 0.3) is 17.7 Å². The second-order valence-electron chi connectivity index (χ2n) is 9.32. The maximum absolute atomic E-state index is 13.0. The lowest BCUT2D eigenvalue weighted by atomic mass is 10.0. The molecule has 2 atom stereocenters. The Kier molecular flexibility index (Phi) is 7.26. The topological polar surface area (TPSA) is 118 Å². The van der Waals surface area contributed by atoms with E-state index in [1.807, 2.05) is 13.8 Å². The Morgan fingerprint density at radius 3 is 2.12 bits per heavy atom. The highest BCUT2D eigenvalue weighted by Crippen LogP contribution is 2.28. The third-order valence-corrected chi connectivity index (χ3v) is 7.60. The summed E-state index contributed by atoms with van der Waals surface area (Å²) in [4.78, 5) is 53.9. The number of carbonyl (C=O) groups excluding carboxylic acids is 4. The van der Waals surface area contributed by atoms with E-state index in [0.717, 1.165) is 4.90 Å². The van der Waals surface area contributed by atoms with E-state index in [9.17, 15) is 27.6 Å². The molecule has 0 N–H and O–H groups in total. The van der Waals surface area contributed by atoms with E-state index >= 15 is 0 Å². The van der Waals surface area contributed by atoms with Crippen LogP contribution in [0.4, 0.5) is 0 Å². The van der Waals surface area contributed by atoms with Gasteiger partial charge in [-0.3, -0.25) is 19.3 Å². The van der Waals surface area contributed by atoms with Crippen LogP contribution in [-0.2, 0) is 24.2 Å². The lowest BCUT2D eigenvalue weighted by Crippen LogP contribution is -2.50. The van der Waals surface area contributed by atoms with Crippen molar-refractivity contribution in [3.05, 3.63) is 35.4 Å². The first-order chi connectivity index (χ1) is 15.4. The summed E-state index contributed by atoms with van der Waals surface area (Å²) in [5, 5.41) is 0. The number of hydrogen-bond donors (Lipinski definition) is 0. The van der Waals surface area contributed by atoms with Gasteiger partial charge in [-0.2, -0.15) is 0 Å². The lowest BCUT2D eigenvalue weighted by molar-refractivity contribution is -0.157. The van der Waals surface area contributed by atoms with Crippen LogP contribution in [0.25, 0.3) is 0 Å². The number of amides is 3. The molecule has 180 valence electrons. The molecule has 0 aliphatic carbocycles. The second-order valence-corrected chi connectivity index (χ2v) is 11.5. The Hall–Kier alpha value is -2.75. The van der Waals surface area contributed by atoms with E-state index in [2.05, 4.69) is 0 Å². The number of carbonyl (C=O) groups is 4. The fourth-order valence-corrected chi connectivity index (χ4v) is 6.04. The molecule has 2 heterocycles. The molecule has 2 aliphatic heterocycles. The van der Waals surface area contributed by atoms with Gasteiger partial charge in [-0.15, -0.1) is 0 Å². The van der Waals surface area contributed by atoms with Gasteiger partial charge in [0.2, 0.25) is 0 Å². The van der Waals surface area contributed by atoms with Gasteiger partial charge in [-0.25, -0.2) is 13.2 Å². The predicted octanol–water partition coefficient (Wildman–Crippen LogP) is 1.52. The summed E-state index contributed by atoms with van der Waals surface area (Å²) in [6.45, 7) is 6.94. The van der Waals surface area contributed by atoms with Crippen molar-refractivity contribution >= 4 is 33.5 Å². The van der Waals surface area contributed by atoms with E-state index < -0.39 is 58.1 Å². The van der Waals surface area contributed by atoms with Gasteiger partial charge in [0.15, 0.2) is 16.4 Å². The van der Waals surface area contributed by atoms with Gasteiger partial charge in [0.05, 0.1) is 22.6 Å². The van der Waals surface area contributed by atoms with Crippen LogP contribution in [0.2, 0.25) is 0 Å². The number of hydrogen-bond acceptors (Lipinski definition) is 7. The monoisotopic (exact) mass is 478 g/mol. The molecule has 9 nitrogen and oxygen atoms in total. The highest BCUT2D eigenvalue weighted by atomic mass is 32.2. The van der Waals surface area contributed by atoms with E-state index in [1.165, 1.54) is 17.0 Å². The minimum Gasteiger partial charge on any atom is -0.454 e. The Balaban J connectivity index is 1.72. The molecule has 3 amide bonds. The van der Waals surface area contributed by atoms with E-state index in [-0.39, 0.29) is 28.6 Å². The summed E-state index contributed by atoms with van der Waals surface area (Å²) in [6, 6.07) is 4.70. The maximum Gasteiger partial charge on any atom is 0.330 e. The highest BCUT2D eigenvalue weighted by Gasteiger charge is 2.45. The van der Waals surface area contributed by atoms with Gasteiger partial charge >= 0.3 is 5.97 Å². The summed E-state index contributed by atoms with van der Waals surface area (Å²) in [7, 11) is -3.20. The maximum atomic E-state index is 13.0. The standard InChI is InChI=1S/C23H30N2O7S/c1-14(2)11-24(16-9-10-33(30,31)13-16)19(26)12-32-23(29)20(15(3)4)25-21(27)17-7-5-6-8-18(17)22(25)28/h5-8,14-16,20H,9-13H2,1-4H3/t16?,20-/m0/s1. The van der Waals surface area contributed by atoms with Crippen molar-refractivity contribution in [3.63, 3.8) is 0 Å². The molecule has 2 aliphatic rings. The number of esters is 1. The first-order valence-corrected chi connectivity index (χ1v) is 12.9. The number of nitrogens with zero attached hydrogens (tertiary/aromatic N) is 2. The molecule has 0 aromatic heterocycles. The van der Waals surface area contributed by atoms with Crippen LogP contribution < -0.4 is 0 Å². The molecular formula is C23H30N2O7S. The van der Waals surface area contributed by atoms with Gasteiger partial charge in [0, 0.05) is 12.6 Å². The number of ether oxygens (including phenoxy) is 1. The summed E-state index contributed by atoms with van der Waals surface area (Å²) in [5.41, 5.74) is 0.449. The number of sulfone groups is 1. The molecule has 1 saturated heterocycles. The van der Waals surface area contributed by atoms with E-state index in [1.54, 1.807) is 26.0 Å². The number of imide groups is 1. The molecule has 33 heavy (non-hydrogen) atoms. The highest BCUT2D eigenvalue weighted by molar-refractivity contribution is 7.91. The van der Waals surface area contributed by atoms with Crippen LogP contribution in [-0.4, -0.2) is 78.6 Å². The van der Waals surface area contributed by atoms with E-state index in [0.29, 0.717) is 13.0 Å². The predicted molar refractivity (Wildman–Crippen MR) is 120 cm³/mol. The molecule has 1 unspecified atom stereocenters. The SMILES string of the molecule is CC(C)CN(C(=O)COC(=O)[C@H](C(C)C)N1C(=O)c2ccccc2C1=O)C1CCS(=O)(=O)C1. The van der Waals surface area contributed by atoms with Gasteiger partial charge in [0.1, 0.15) is 6.04 Å². The molecule has 1 aromatic rings. The second kappa shape index (κ2) is 9.62. The third-order valence-electron chi connectivity index (χ3n) is 5.85. The molecule has 0 radical (unpaired) electrons. The number of benzene rings is 1. The van der Waals surface area contributed by atoms with Crippen LogP contribution in [0.5, 0.6) is 0 Å². The van der Waals surface area contributed by atoms with Gasteiger partial charge in [-0.1, -0.05) is 39.8 Å². The van der Waals surface area contributed by atoms with Gasteiger partial charge in [-0.05, 0) is 30.4 Å².